The molecule has 1 N–H and O–H groups in total. The van der Waals surface area contributed by atoms with E-state index in [0.717, 1.165) is 34.6 Å². The number of aromatic nitrogens is 3. The van der Waals surface area contributed by atoms with Gasteiger partial charge in [-0.25, -0.2) is 0 Å². The molecule has 0 bridgehead atoms. The molecular formula is C18H18ClF3N4S. The van der Waals surface area contributed by atoms with Gasteiger partial charge < -0.3 is 9.88 Å². The van der Waals surface area contributed by atoms with Gasteiger partial charge in [-0.15, -0.1) is 0 Å². The van der Waals surface area contributed by atoms with Crippen molar-refractivity contribution in [1.29, 1.82) is 0 Å². The number of rotatable bonds is 3. The molecule has 27 heavy (non-hydrogen) atoms. The first-order chi connectivity index (χ1) is 12.7. The lowest BCUT2D eigenvalue weighted by atomic mass is 9.92. The number of benzene rings is 1. The van der Waals surface area contributed by atoms with Crippen LogP contribution in [0, 0.1) is 5.92 Å². The molecular weight excluding hydrogens is 397 g/mol. The summed E-state index contributed by atoms with van der Waals surface area (Å²) in [4.78, 5) is 9.20. The Kier molecular flexibility index (Phi) is 4.58. The summed E-state index contributed by atoms with van der Waals surface area (Å²) >= 11 is 6.97. The molecule has 0 spiro atoms. The average Bonchev–Trinajstić information content (AvgIpc) is 3.19. The van der Waals surface area contributed by atoms with Crippen LogP contribution in [0.5, 0.6) is 0 Å². The van der Waals surface area contributed by atoms with Crippen LogP contribution in [-0.4, -0.2) is 20.9 Å². The van der Waals surface area contributed by atoms with Crippen molar-refractivity contribution in [2.75, 3.05) is 11.4 Å². The molecule has 9 heteroatoms. The van der Waals surface area contributed by atoms with Gasteiger partial charge in [-0.2, -0.15) is 22.5 Å². The summed E-state index contributed by atoms with van der Waals surface area (Å²) < 4.78 is 42.3. The van der Waals surface area contributed by atoms with E-state index in [9.17, 15) is 13.2 Å². The second kappa shape index (κ2) is 6.67. The van der Waals surface area contributed by atoms with Crippen LogP contribution >= 0.6 is 23.1 Å². The number of aromatic amines is 1. The van der Waals surface area contributed by atoms with E-state index in [-0.39, 0.29) is 6.04 Å². The summed E-state index contributed by atoms with van der Waals surface area (Å²) in [5.74, 6) is -0.700. The Bertz CT molecular complexity index is 979. The van der Waals surface area contributed by atoms with Crippen LogP contribution in [0.15, 0.2) is 18.2 Å². The van der Waals surface area contributed by atoms with Crippen molar-refractivity contribution >= 4 is 39.2 Å². The highest BCUT2D eigenvalue weighted by Crippen LogP contribution is 2.42. The number of nitrogens with one attached hydrogen (secondary N) is 1. The Morgan fingerprint density at radius 2 is 2.15 bits per heavy atom. The lowest BCUT2D eigenvalue weighted by Crippen LogP contribution is -2.36. The maximum atomic E-state index is 12.9. The van der Waals surface area contributed by atoms with Crippen molar-refractivity contribution in [3.8, 4) is 0 Å². The van der Waals surface area contributed by atoms with Crippen molar-refractivity contribution < 1.29 is 13.2 Å². The van der Waals surface area contributed by atoms with E-state index in [1.165, 1.54) is 5.56 Å². The Morgan fingerprint density at radius 3 is 2.81 bits per heavy atom. The van der Waals surface area contributed by atoms with Crippen LogP contribution in [0.25, 0.3) is 10.9 Å². The Morgan fingerprint density at radius 1 is 1.37 bits per heavy atom. The molecule has 0 unspecified atom stereocenters. The number of anilines is 1. The predicted octanol–water partition coefficient (Wildman–Crippen LogP) is 5.84. The van der Waals surface area contributed by atoms with E-state index in [4.69, 9.17) is 11.6 Å². The van der Waals surface area contributed by atoms with Gasteiger partial charge in [-0.1, -0.05) is 25.4 Å². The fraction of sp³-hybridized carbons (Fsp3) is 0.444. The van der Waals surface area contributed by atoms with Crippen LogP contribution in [0.1, 0.15) is 43.4 Å². The first-order valence-corrected chi connectivity index (χ1v) is 9.86. The highest BCUT2D eigenvalue weighted by molar-refractivity contribution is 7.09. The monoisotopic (exact) mass is 414 g/mol. The van der Waals surface area contributed by atoms with Gasteiger partial charge in [0, 0.05) is 39.7 Å². The Hall–Kier alpha value is -1.80. The van der Waals surface area contributed by atoms with Gasteiger partial charge in [-0.3, -0.25) is 0 Å². The second-order valence-electron chi connectivity index (χ2n) is 7.19. The van der Waals surface area contributed by atoms with E-state index in [1.807, 2.05) is 23.1 Å². The molecule has 0 radical (unpaired) electrons. The van der Waals surface area contributed by atoms with Crippen molar-refractivity contribution in [2.24, 2.45) is 5.92 Å². The fourth-order valence-corrected chi connectivity index (χ4v) is 4.64. The van der Waals surface area contributed by atoms with E-state index in [0.29, 0.717) is 29.0 Å². The molecule has 0 aliphatic carbocycles. The quantitative estimate of drug-likeness (QED) is 0.585. The van der Waals surface area contributed by atoms with Gasteiger partial charge in [0.25, 0.3) is 0 Å². The largest absolute Gasteiger partial charge is 0.452 e. The summed E-state index contributed by atoms with van der Waals surface area (Å²) in [7, 11) is 0. The number of nitrogens with zero attached hydrogens (tertiary/aromatic N) is 3. The molecule has 2 aromatic heterocycles. The molecule has 1 aliphatic heterocycles. The minimum Gasteiger partial charge on any atom is -0.356 e. The number of fused-ring (bicyclic) bond motifs is 3. The van der Waals surface area contributed by atoms with Crippen LogP contribution in [0.2, 0.25) is 5.02 Å². The Balaban J connectivity index is 1.78. The second-order valence-corrected chi connectivity index (χ2v) is 8.36. The molecule has 0 amide bonds. The number of H-pyrrole nitrogens is 1. The molecule has 144 valence electrons. The molecule has 3 heterocycles. The van der Waals surface area contributed by atoms with Gasteiger partial charge in [0.2, 0.25) is 11.0 Å². The first-order valence-electron chi connectivity index (χ1n) is 8.71. The number of hydrogen-bond acceptors (Lipinski definition) is 4. The first kappa shape index (κ1) is 18.6. The van der Waals surface area contributed by atoms with Gasteiger partial charge in [0.15, 0.2) is 0 Å². The maximum Gasteiger partial charge on any atom is 0.452 e. The molecule has 0 fully saturated rings. The maximum absolute atomic E-state index is 12.9. The molecule has 1 atom stereocenters. The number of hydrogen-bond donors (Lipinski definition) is 1. The summed E-state index contributed by atoms with van der Waals surface area (Å²) in [5, 5.41) is 2.07. The van der Waals surface area contributed by atoms with Crippen molar-refractivity contribution in [3.05, 3.63) is 40.3 Å². The van der Waals surface area contributed by atoms with Crippen molar-refractivity contribution in [1.82, 2.24) is 14.3 Å². The van der Waals surface area contributed by atoms with Crippen LogP contribution in [-0.2, 0) is 12.6 Å². The van der Waals surface area contributed by atoms with Gasteiger partial charge in [-0.05, 0) is 42.5 Å². The van der Waals surface area contributed by atoms with Gasteiger partial charge in [0.1, 0.15) is 0 Å². The lowest BCUT2D eigenvalue weighted by molar-refractivity contribution is -0.144. The summed E-state index contributed by atoms with van der Waals surface area (Å²) in [5.41, 5.74) is 3.22. The normalized spacial score (nSPS) is 17.7. The van der Waals surface area contributed by atoms with Crippen LogP contribution in [0.4, 0.5) is 18.3 Å². The molecule has 1 aromatic carbocycles. The third-order valence-electron chi connectivity index (χ3n) is 4.82. The van der Waals surface area contributed by atoms with E-state index < -0.39 is 12.0 Å². The van der Waals surface area contributed by atoms with E-state index >= 15 is 0 Å². The van der Waals surface area contributed by atoms with Gasteiger partial charge in [0.05, 0.1) is 6.04 Å². The highest BCUT2D eigenvalue weighted by Gasteiger charge is 2.38. The summed E-state index contributed by atoms with van der Waals surface area (Å²) in [6.45, 7) is 4.80. The zero-order chi connectivity index (χ0) is 19.3. The van der Waals surface area contributed by atoms with Crippen LogP contribution in [0.3, 0.4) is 0 Å². The number of alkyl halides is 3. The zero-order valence-corrected chi connectivity index (χ0v) is 16.3. The minimum atomic E-state index is -4.53. The van der Waals surface area contributed by atoms with Crippen molar-refractivity contribution in [3.63, 3.8) is 0 Å². The smallest absolute Gasteiger partial charge is 0.356 e. The third-order valence-corrected chi connectivity index (χ3v) is 5.81. The molecule has 4 nitrogen and oxygen atoms in total. The zero-order valence-electron chi connectivity index (χ0n) is 14.8. The lowest BCUT2D eigenvalue weighted by Gasteiger charge is -2.36. The fourth-order valence-electron chi connectivity index (χ4n) is 3.71. The highest BCUT2D eigenvalue weighted by atomic mass is 35.5. The SMILES string of the molecule is CC(C)C[C@H]1c2[nH]c3ccc(Cl)cc3c2CCN1c1nc(C(F)(F)F)ns1. The Labute approximate surface area is 163 Å². The summed E-state index contributed by atoms with van der Waals surface area (Å²) in [6, 6.07) is 5.65. The van der Waals surface area contributed by atoms with E-state index in [1.54, 1.807) is 0 Å². The predicted molar refractivity (Wildman–Crippen MR) is 101 cm³/mol. The van der Waals surface area contributed by atoms with Gasteiger partial charge >= 0.3 is 6.18 Å². The number of halogens is 4. The molecule has 0 saturated heterocycles. The van der Waals surface area contributed by atoms with Crippen LogP contribution < -0.4 is 4.90 Å². The standard InChI is InChI=1S/C18H18ClF3N4S/c1-9(2)7-14-15-11(12-8-10(19)3-4-13(12)23-15)5-6-26(14)17-24-16(25-27-17)18(20,21)22/h3-4,8-9,14,23H,5-7H2,1-2H3/t14-/m0/s1. The molecule has 1 aliphatic rings. The summed E-state index contributed by atoms with van der Waals surface area (Å²) in [6.07, 6.45) is -3.01. The average molecular weight is 415 g/mol. The van der Waals surface area contributed by atoms with Crippen molar-refractivity contribution in [2.45, 2.75) is 38.9 Å². The molecule has 0 saturated carbocycles. The molecule has 4 rings (SSSR count). The topological polar surface area (TPSA) is 44.8 Å². The molecule has 3 aromatic rings. The minimum absolute atomic E-state index is 0.0750. The van der Waals surface area contributed by atoms with E-state index in [2.05, 4.69) is 28.2 Å². The third kappa shape index (κ3) is 3.40.